The highest BCUT2D eigenvalue weighted by atomic mass is 79.9. The summed E-state index contributed by atoms with van der Waals surface area (Å²) in [5, 5.41) is 8.60. The fourth-order valence-electron chi connectivity index (χ4n) is 0.959. The number of aryl methyl sites for hydroxylation is 1. The molecule has 0 aliphatic rings. The summed E-state index contributed by atoms with van der Waals surface area (Å²) in [5.74, 6) is 0. The third-order valence-electron chi connectivity index (χ3n) is 1.53. The first-order valence-electron chi connectivity index (χ1n) is 3.41. The van der Waals surface area contributed by atoms with Gasteiger partial charge in [0, 0.05) is 0 Å². The van der Waals surface area contributed by atoms with Gasteiger partial charge in [-0.2, -0.15) is 5.26 Å². The first-order chi connectivity index (χ1) is 6.06. The highest BCUT2D eigenvalue weighted by molar-refractivity contribution is 9.10. The number of rotatable bonds is 1. The molecule has 13 heavy (non-hydrogen) atoms. The maximum atomic E-state index is 12.3. The van der Waals surface area contributed by atoms with Crippen LogP contribution in [0.2, 0.25) is 0 Å². The summed E-state index contributed by atoms with van der Waals surface area (Å²) in [7, 11) is 0. The Morgan fingerprint density at radius 3 is 2.69 bits per heavy atom. The van der Waals surface area contributed by atoms with Crippen molar-refractivity contribution >= 4 is 15.9 Å². The highest BCUT2D eigenvalue weighted by Crippen LogP contribution is 2.25. The van der Waals surface area contributed by atoms with Gasteiger partial charge in [-0.3, -0.25) is 0 Å². The van der Waals surface area contributed by atoms with Crippen LogP contribution in [0.1, 0.15) is 23.2 Å². The van der Waals surface area contributed by atoms with E-state index >= 15 is 0 Å². The molecular weight excluding hydrogens is 242 g/mol. The van der Waals surface area contributed by atoms with Gasteiger partial charge in [0.2, 0.25) is 0 Å². The van der Waals surface area contributed by atoms with Gasteiger partial charge in [-0.25, -0.2) is 13.8 Å². The number of halogens is 3. The smallest absolute Gasteiger partial charge is 0.239 e. The summed E-state index contributed by atoms with van der Waals surface area (Å²) in [4.78, 5) is 3.55. The molecular formula is C8H5BrF2N2. The molecule has 0 fully saturated rings. The Balaban J connectivity index is 3.41. The van der Waals surface area contributed by atoms with E-state index in [2.05, 4.69) is 20.9 Å². The molecule has 0 unspecified atom stereocenters. The van der Waals surface area contributed by atoms with Crippen LogP contribution in [-0.2, 0) is 0 Å². The van der Waals surface area contributed by atoms with Crippen LogP contribution in [0.4, 0.5) is 8.78 Å². The normalized spacial score (nSPS) is 10.2. The van der Waals surface area contributed by atoms with Crippen molar-refractivity contribution < 1.29 is 8.78 Å². The molecule has 0 saturated heterocycles. The van der Waals surface area contributed by atoms with Crippen molar-refractivity contribution in [2.24, 2.45) is 0 Å². The van der Waals surface area contributed by atoms with Gasteiger partial charge in [0.05, 0.1) is 5.56 Å². The Bertz CT molecular complexity index is 371. The van der Waals surface area contributed by atoms with E-state index in [1.165, 1.54) is 6.07 Å². The summed E-state index contributed by atoms with van der Waals surface area (Å²) >= 11 is 2.99. The van der Waals surface area contributed by atoms with Gasteiger partial charge in [-0.15, -0.1) is 0 Å². The minimum Gasteiger partial charge on any atom is -0.239 e. The molecule has 0 aliphatic carbocycles. The second-order valence-corrected chi connectivity index (χ2v) is 3.25. The lowest BCUT2D eigenvalue weighted by molar-refractivity contribution is 0.145. The van der Waals surface area contributed by atoms with Crippen LogP contribution in [0.15, 0.2) is 10.7 Å². The van der Waals surface area contributed by atoms with E-state index in [-0.39, 0.29) is 5.56 Å². The fraction of sp³-hybridized carbons (Fsp3) is 0.250. The Morgan fingerprint density at radius 1 is 1.62 bits per heavy atom. The van der Waals surface area contributed by atoms with E-state index in [0.29, 0.717) is 10.2 Å². The van der Waals surface area contributed by atoms with Gasteiger partial charge < -0.3 is 0 Å². The molecule has 0 spiro atoms. The standard InChI is InChI=1S/C8H5BrF2N2/c1-4-2-6(9)13-7(8(10)11)5(4)3-12/h2,8H,1H3. The van der Waals surface area contributed by atoms with Crippen molar-refractivity contribution in [3.05, 3.63) is 27.5 Å². The van der Waals surface area contributed by atoms with Gasteiger partial charge in [0.25, 0.3) is 6.43 Å². The van der Waals surface area contributed by atoms with E-state index < -0.39 is 12.1 Å². The van der Waals surface area contributed by atoms with Crippen molar-refractivity contribution in [1.29, 1.82) is 5.26 Å². The molecule has 0 radical (unpaired) electrons. The molecule has 1 aromatic rings. The maximum Gasteiger partial charge on any atom is 0.281 e. The van der Waals surface area contributed by atoms with E-state index in [9.17, 15) is 8.78 Å². The predicted molar refractivity (Wildman–Crippen MR) is 46.3 cm³/mol. The van der Waals surface area contributed by atoms with E-state index in [0.717, 1.165) is 0 Å². The van der Waals surface area contributed by atoms with E-state index in [1.807, 2.05) is 0 Å². The zero-order valence-electron chi connectivity index (χ0n) is 6.68. The number of hydrogen-bond donors (Lipinski definition) is 0. The van der Waals surface area contributed by atoms with E-state index in [4.69, 9.17) is 5.26 Å². The molecule has 0 atom stereocenters. The average molecular weight is 247 g/mol. The second-order valence-electron chi connectivity index (χ2n) is 2.43. The number of alkyl halides is 2. The van der Waals surface area contributed by atoms with Crippen LogP contribution >= 0.6 is 15.9 Å². The zero-order valence-corrected chi connectivity index (χ0v) is 8.27. The quantitative estimate of drug-likeness (QED) is 0.715. The molecule has 1 aromatic heterocycles. The van der Waals surface area contributed by atoms with Gasteiger partial charge in [0.1, 0.15) is 16.4 Å². The van der Waals surface area contributed by atoms with Crippen molar-refractivity contribution in [3.8, 4) is 6.07 Å². The van der Waals surface area contributed by atoms with Crippen LogP contribution in [-0.4, -0.2) is 4.98 Å². The molecule has 68 valence electrons. The first-order valence-corrected chi connectivity index (χ1v) is 4.21. The molecule has 0 bridgehead atoms. The van der Waals surface area contributed by atoms with Crippen LogP contribution in [0.3, 0.4) is 0 Å². The van der Waals surface area contributed by atoms with Crippen LogP contribution in [0.25, 0.3) is 0 Å². The summed E-state index contributed by atoms with van der Waals surface area (Å²) < 4.78 is 25.0. The average Bonchev–Trinajstić information content (AvgIpc) is 2.02. The Hall–Kier alpha value is -1.02. The predicted octanol–water partition coefficient (Wildman–Crippen LogP) is 2.96. The van der Waals surface area contributed by atoms with Crippen LogP contribution in [0, 0.1) is 18.3 Å². The SMILES string of the molecule is Cc1cc(Br)nc(C(F)F)c1C#N. The lowest BCUT2D eigenvalue weighted by atomic mass is 10.1. The number of hydrogen-bond acceptors (Lipinski definition) is 2. The summed E-state index contributed by atoms with van der Waals surface area (Å²) in [6.07, 6.45) is -2.72. The number of pyridine rings is 1. The summed E-state index contributed by atoms with van der Waals surface area (Å²) in [5.41, 5.74) is -0.00718. The van der Waals surface area contributed by atoms with Crippen LogP contribution in [0.5, 0.6) is 0 Å². The molecule has 0 N–H and O–H groups in total. The molecule has 0 amide bonds. The molecule has 5 heteroatoms. The van der Waals surface area contributed by atoms with Crippen molar-refractivity contribution in [3.63, 3.8) is 0 Å². The van der Waals surface area contributed by atoms with Crippen molar-refractivity contribution in [2.45, 2.75) is 13.3 Å². The Labute approximate surface area is 82.3 Å². The molecule has 0 saturated carbocycles. The van der Waals surface area contributed by atoms with Crippen LogP contribution < -0.4 is 0 Å². The maximum absolute atomic E-state index is 12.3. The lowest BCUT2D eigenvalue weighted by Gasteiger charge is -2.04. The minimum atomic E-state index is -2.72. The zero-order chi connectivity index (χ0) is 10.0. The van der Waals surface area contributed by atoms with E-state index in [1.54, 1.807) is 13.0 Å². The number of nitriles is 1. The first kappa shape index (κ1) is 10.1. The third kappa shape index (κ3) is 2.01. The molecule has 0 aliphatic heterocycles. The lowest BCUT2D eigenvalue weighted by Crippen LogP contribution is -1.98. The monoisotopic (exact) mass is 246 g/mol. The fourth-order valence-corrected chi connectivity index (χ4v) is 1.49. The molecule has 2 nitrogen and oxygen atoms in total. The minimum absolute atomic E-state index is 0.0433. The number of aromatic nitrogens is 1. The molecule has 1 rings (SSSR count). The second kappa shape index (κ2) is 3.79. The van der Waals surface area contributed by atoms with Gasteiger partial charge in [-0.05, 0) is 34.5 Å². The van der Waals surface area contributed by atoms with Crippen molar-refractivity contribution in [1.82, 2.24) is 4.98 Å². The summed E-state index contributed by atoms with van der Waals surface area (Å²) in [6, 6.07) is 3.24. The molecule has 1 heterocycles. The highest BCUT2D eigenvalue weighted by Gasteiger charge is 2.17. The topological polar surface area (TPSA) is 36.7 Å². The van der Waals surface area contributed by atoms with Gasteiger partial charge in [0.15, 0.2) is 0 Å². The van der Waals surface area contributed by atoms with Crippen molar-refractivity contribution in [2.75, 3.05) is 0 Å². The molecule has 0 aromatic carbocycles. The van der Waals surface area contributed by atoms with Gasteiger partial charge in [-0.1, -0.05) is 0 Å². The summed E-state index contributed by atoms with van der Waals surface area (Å²) in [6.45, 7) is 1.59. The Morgan fingerprint density at radius 2 is 2.23 bits per heavy atom. The third-order valence-corrected chi connectivity index (χ3v) is 1.94. The number of nitrogens with zero attached hydrogens (tertiary/aromatic N) is 2. The Kier molecular flexibility index (Phi) is 2.94. The largest absolute Gasteiger partial charge is 0.281 e. The van der Waals surface area contributed by atoms with Gasteiger partial charge >= 0.3 is 0 Å².